The Bertz CT molecular complexity index is 387. The van der Waals surface area contributed by atoms with E-state index in [-0.39, 0.29) is 11.9 Å². The first kappa shape index (κ1) is 13.2. The van der Waals surface area contributed by atoms with Crippen LogP contribution in [0.25, 0.3) is 0 Å². The summed E-state index contributed by atoms with van der Waals surface area (Å²) >= 11 is 3.11. The molecule has 0 saturated heterocycles. The minimum absolute atomic E-state index is 0.0593. The molecule has 0 aliphatic rings. The molecule has 1 unspecified atom stereocenters. The Balaban J connectivity index is 2.71. The molecule has 0 aliphatic heterocycles. The maximum absolute atomic E-state index is 13.3. The molecule has 1 atom stereocenters. The Kier molecular flexibility index (Phi) is 5.47. The van der Waals surface area contributed by atoms with Crippen molar-refractivity contribution < 1.29 is 4.39 Å². The Morgan fingerprint density at radius 2 is 2.31 bits per heavy atom. The van der Waals surface area contributed by atoms with Gasteiger partial charge in [0.1, 0.15) is 5.82 Å². The van der Waals surface area contributed by atoms with Gasteiger partial charge in [-0.2, -0.15) is 0 Å². The first-order chi connectivity index (χ1) is 7.69. The van der Waals surface area contributed by atoms with E-state index in [1.807, 2.05) is 6.07 Å². The summed E-state index contributed by atoms with van der Waals surface area (Å²) in [5, 5.41) is 3.18. The molecule has 86 valence electrons. The Morgan fingerprint density at radius 3 is 2.88 bits per heavy atom. The van der Waals surface area contributed by atoms with Crippen molar-refractivity contribution in [1.82, 2.24) is 5.32 Å². The third kappa shape index (κ3) is 3.60. The van der Waals surface area contributed by atoms with E-state index in [1.54, 1.807) is 6.07 Å². The van der Waals surface area contributed by atoms with Crippen molar-refractivity contribution in [2.24, 2.45) is 5.73 Å². The molecule has 1 aromatic rings. The number of nitrogens with one attached hydrogen (secondary N) is 1. The van der Waals surface area contributed by atoms with Gasteiger partial charge in [0.2, 0.25) is 0 Å². The standard InChI is InChI=1S/C12H14BrFN2/c1-2-3-6-16-12(8-15)9-4-5-10(13)11(14)7-9/h1,4-5,7,12,16H,3,6,8,15H2. The van der Waals surface area contributed by atoms with Gasteiger partial charge >= 0.3 is 0 Å². The van der Waals surface area contributed by atoms with Crippen LogP contribution in [-0.4, -0.2) is 13.1 Å². The molecular weight excluding hydrogens is 271 g/mol. The lowest BCUT2D eigenvalue weighted by Crippen LogP contribution is -2.28. The van der Waals surface area contributed by atoms with Crippen LogP contribution in [0.5, 0.6) is 0 Å². The molecule has 3 N–H and O–H groups in total. The van der Waals surface area contributed by atoms with Gasteiger partial charge in [0.25, 0.3) is 0 Å². The normalized spacial score (nSPS) is 12.1. The van der Waals surface area contributed by atoms with E-state index in [4.69, 9.17) is 12.2 Å². The van der Waals surface area contributed by atoms with E-state index in [0.717, 1.165) is 5.56 Å². The van der Waals surface area contributed by atoms with E-state index >= 15 is 0 Å². The number of hydrogen-bond donors (Lipinski definition) is 2. The van der Waals surface area contributed by atoms with Gasteiger partial charge in [0, 0.05) is 25.6 Å². The molecule has 0 amide bonds. The fraction of sp³-hybridized carbons (Fsp3) is 0.333. The molecule has 0 aromatic heterocycles. The third-order valence-electron chi connectivity index (χ3n) is 2.24. The first-order valence-corrected chi connectivity index (χ1v) is 5.80. The van der Waals surface area contributed by atoms with Gasteiger partial charge in [-0.15, -0.1) is 12.3 Å². The summed E-state index contributed by atoms with van der Waals surface area (Å²) in [6.07, 6.45) is 5.79. The monoisotopic (exact) mass is 284 g/mol. The number of benzene rings is 1. The maximum Gasteiger partial charge on any atom is 0.137 e. The van der Waals surface area contributed by atoms with Crippen LogP contribution in [0.1, 0.15) is 18.0 Å². The van der Waals surface area contributed by atoms with Crippen LogP contribution in [0.2, 0.25) is 0 Å². The molecule has 0 aliphatic carbocycles. The van der Waals surface area contributed by atoms with E-state index < -0.39 is 0 Å². The van der Waals surface area contributed by atoms with Gasteiger partial charge in [-0.1, -0.05) is 6.07 Å². The molecular formula is C12H14BrFN2. The summed E-state index contributed by atoms with van der Waals surface area (Å²) in [6.45, 7) is 1.09. The van der Waals surface area contributed by atoms with Crippen molar-refractivity contribution >= 4 is 15.9 Å². The predicted molar refractivity (Wildman–Crippen MR) is 67.3 cm³/mol. The summed E-state index contributed by atoms with van der Waals surface area (Å²) in [6, 6.07) is 4.93. The summed E-state index contributed by atoms with van der Waals surface area (Å²) in [5.41, 5.74) is 6.46. The minimum atomic E-state index is -0.283. The van der Waals surface area contributed by atoms with Gasteiger partial charge in [-0.05, 0) is 33.6 Å². The van der Waals surface area contributed by atoms with Gasteiger partial charge in [-0.3, -0.25) is 0 Å². The molecule has 0 heterocycles. The van der Waals surface area contributed by atoms with Crippen molar-refractivity contribution in [2.45, 2.75) is 12.5 Å². The summed E-state index contributed by atoms with van der Waals surface area (Å²) in [7, 11) is 0. The molecule has 1 rings (SSSR count). The van der Waals surface area contributed by atoms with Gasteiger partial charge < -0.3 is 11.1 Å². The second kappa shape index (κ2) is 6.64. The minimum Gasteiger partial charge on any atom is -0.329 e. The highest BCUT2D eigenvalue weighted by Gasteiger charge is 2.10. The van der Waals surface area contributed by atoms with Crippen LogP contribution in [0.4, 0.5) is 4.39 Å². The highest BCUT2D eigenvalue weighted by atomic mass is 79.9. The van der Waals surface area contributed by atoms with Crippen LogP contribution in [0, 0.1) is 18.2 Å². The molecule has 4 heteroatoms. The topological polar surface area (TPSA) is 38.0 Å². The largest absolute Gasteiger partial charge is 0.329 e. The highest BCUT2D eigenvalue weighted by Crippen LogP contribution is 2.20. The predicted octanol–water partition coefficient (Wildman–Crippen LogP) is 2.20. The number of nitrogens with two attached hydrogens (primary N) is 1. The van der Waals surface area contributed by atoms with E-state index in [9.17, 15) is 4.39 Å². The van der Waals surface area contributed by atoms with Crippen molar-refractivity contribution in [1.29, 1.82) is 0 Å². The van der Waals surface area contributed by atoms with Gasteiger partial charge in [0.05, 0.1) is 4.47 Å². The zero-order valence-electron chi connectivity index (χ0n) is 8.84. The molecule has 2 nitrogen and oxygen atoms in total. The second-order valence-electron chi connectivity index (χ2n) is 3.37. The molecule has 0 spiro atoms. The average molecular weight is 285 g/mol. The van der Waals surface area contributed by atoms with Crippen LogP contribution in [-0.2, 0) is 0 Å². The Labute approximate surface area is 104 Å². The SMILES string of the molecule is C#CCCNC(CN)c1ccc(Br)c(F)c1. The van der Waals surface area contributed by atoms with Gasteiger partial charge in [0.15, 0.2) is 0 Å². The van der Waals surface area contributed by atoms with E-state index in [0.29, 0.717) is 24.0 Å². The zero-order chi connectivity index (χ0) is 12.0. The average Bonchev–Trinajstić information content (AvgIpc) is 2.29. The van der Waals surface area contributed by atoms with Crippen LogP contribution < -0.4 is 11.1 Å². The van der Waals surface area contributed by atoms with E-state index in [1.165, 1.54) is 6.07 Å². The summed E-state index contributed by atoms with van der Waals surface area (Å²) in [4.78, 5) is 0. The Hall–Kier alpha value is -0.890. The fourth-order valence-corrected chi connectivity index (χ4v) is 1.63. The molecule has 0 radical (unpaired) electrons. The fourth-order valence-electron chi connectivity index (χ4n) is 1.38. The molecule has 1 aromatic carbocycles. The molecule has 0 fully saturated rings. The summed E-state index contributed by atoms with van der Waals surface area (Å²) in [5.74, 6) is 2.25. The lowest BCUT2D eigenvalue weighted by molar-refractivity contribution is 0.543. The zero-order valence-corrected chi connectivity index (χ0v) is 10.4. The molecule has 0 saturated carbocycles. The van der Waals surface area contributed by atoms with Crippen molar-refractivity contribution in [3.05, 3.63) is 34.1 Å². The van der Waals surface area contributed by atoms with Crippen LogP contribution in [0.15, 0.2) is 22.7 Å². The Morgan fingerprint density at radius 1 is 1.56 bits per heavy atom. The lowest BCUT2D eigenvalue weighted by Gasteiger charge is -2.16. The molecule has 16 heavy (non-hydrogen) atoms. The van der Waals surface area contributed by atoms with Crippen molar-refractivity contribution in [3.63, 3.8) is 0 Å². The van der Waals surface area contributed by atoms with Gasteiger partial charge in [-0.25, -0.2) is 4.39 Å². The van der Waals surface area contributed by atoms with Crippen LogP contribution in [0.3, 0.4) is 0 Å². The van der Waals surface area contributed by atoms with Crippen LogP contribution >= 0.6 is 15.9 Å². The molecule has 0 bridgehead atoms. The van der Waals surface area contributed by atoms with E-state index in [2.05, 4.69) is 27.2 Å². The number of terminal acetylenes is 1. The van der Waals surface area contributed by atoms with Crippen molar-refractivity contribution in [3.8, 4) is 12.3 Å². The van der Waals surface area contributed by atoms with Crippen molar-refractivity contribution in [2.75, 3.05) is 13.1 Å². The second-order valence-corrected chi connectivity index (χ2v) is 4.22. The summed E-state index contributed by atoms with van der Waals surface area (Å²) < 4.78 is 13.8. The number of rotatable bonds is 5. The lowest BCUT2D eigenvalue weighted by atomic mass is 10.1. The first-order valence-electron chi connectivity index (χ1n) is 5.01. The highest BCUT2D eigenvalue weighted by molar-refractivity contribution is 9.10. The maximum atomic E-state index is 13.3. The number of halogens is 2. The smallest absolute Gasteiger partial charge is 0.137 e. The third-order valence-corrected chi connectivity index (χ3v) is 2.88. The number of hydrogen-bond acceptors (Lipinski definition) is 2. The quantitative estimate of drug-likeness (QED) is 0.643.